The fourth-order valence-electron chi connectivity index (χ4n) is 2.01. The summed E-state index contributed by atoms with van der Waals surface area (Å²) >= 11 is 1.70. The Morgan fingerprint density at radius 3 is 2.71 bits per heavy atom. The Hall–Kier alpha value is -1.24. The second kappa shape index (κ2) is 6.68. The van der Waals surface area contributed by atoms with Crippen LogP contribution >= 0.6 is 11.3 Å². The van der Waals surface area contributed by atoms with Gasteiger partial charge in [0.25, 0.3) is 0 Å². The second-order valence-electron chi connectivity index (χ2n) is 6.15. The molecule has 2 aromatic rings. The van der Waals surface area contributed by atoms with Gasteiger partial charge in [-0.1, -0.05) is 20.8 Å². The van der Waals surface area contributed by atoms with Gasteiger partial charge < -0.3 is 10.1 Å². The molecule has 2 rings (SSSR count). The van der Waals surface area contributed by atoms with Crippen LogP contribution in [0.4, 0.5) is 0 Å². The van der Waals surface area contributed by atoms with Crippen LogP contribution in [0.1, 0.15) is 43.1 Å². The van der Waals surface area contributed by atoms with E-state index in [-0.39, 0.29) is 11.5 Å². The van der Waals surface area contributed by atoms with E-state index in [1.807, 2.05) is 24.1 Å². The Morgan fingerprint density at radius 2 is 2.19 bits per heavy atom. The summed E-state index contributed by atoms with van der Waals surface area (Å²) in [6, 6.07) is 0.0648. The number of aromatic nitrogens is 3. The maximum absolute atomic E-state index is 5.13. The smallest absolute Gasteiger partial charge is 0.115 e. The van der Waals surface area contributed by atoms with Crippen molar-refractivity contribution in [1.29, 1.82) is 0 Å². The van der Waals surface area contributed by atoms with E-state index >= 15 is 0 Å². The van der Waals surface area contributed by atoms with Gasteiger partial charge in [0, 0.05) is 43.3 Å². The third kappa shape index (κ3) is 4.12. The SMILES string of the molecule is COCCNC(c1cnn(C)c1)c1nc(C(C)(C)C)cs1. The van der Waals surface area contributed by atoms with Gasteiger partial charge in [0.2, 0.25) is 0 Å². The van der Waals surface area contributed by atoms with Crippen LogP contribution < -0.4 is 5.32 Å². The number of thiazole rings is 1. The van der Waals surface area contributed by atoms with Gasteiger partial charge >= 0.3 is 0 Å². The molecule has 0 saturated carbocycles. The molecule has 21 heavy (non-hydrogen) atoms. The molecule has 2 heterocycles. The molecule has 0 radical (unpaired) electrons. The standard InChI is InChI=1S/C15H24N4OS/c1-15(2,3)12-10-21-14(18-12)13(16-6-7-20-5)11-8-17-19(4)9-11/h8-10,13,16H,6-7H2,1-5H3. The van der Waals surface area contributed by atoms with E-state index < -0.39 is 0 Å². The van der Waals surface area contributed by atoms with Gasteiger partial charge in [-0.2, -0.15) is 5.10 Å². The van der Waals surface area contributed by atoms with Crippen LogP contribution in [-0.4, -0.2) is 35.0 Å². The first-order valence-corrected chi connectivity index (χ1v) is 7.96. The Balaban J connectivity index is 2.24. The largest absolute Gasteiger partial charge is 0.383 e. The fraction of sp³-hybridized carbons (Fsp3) is 0.600. The lowest BCUT2D eigenvalue weighted by atomic mass is 9.93. The van der Waals surface area contributed by atoms with Crippen molar-refractivity contribution in [1.82, 2.24) is 20.1 Å². The number of nitrogens with one attached hydrogen (secondary N) is 1. The molecule has 0 aliphatic rings. The highest BCUT2D eigenvalue weighted by Crippen LogP contribution is 2.29. The molecule has 2 aromatic heterocycles. The van der Waals surface area contributed by atoms with Gasteiger partial charge in [0.05, 0.1) is 24.5 Å². The molecule has 5 nitrogen and oxygen atoms in total. The van der Waals surface area contributed by atoms with Crippen molar-refractivity contribution in [2.45, 2.75) is 32.2 Å². The zero-order valence-corrected chi connectivity index (χ0v) is 14.2. The molecule has 0 aliphatic heterocycles. The molecule has 1 unspecified atom stereocenters. The van der Waals surface area contributed by atoms with Crippen molar-refractivity contribution in [3.05, 3.63) is 34.0 Å². The number of hydrogen-bond acceptors (Lipinski definition) is 5. The summed E-state index contributed by atoms with van der Waals surface area (Å²) in [4.78, 5) is 4.82. The quantitative estimate of drug-likeness (QED) is 0.833. The van der Waals surface area contributed by atoms with Crippen molar-refractivity contribution in [3.63, 3.8) is 0 Å². The van der Waals surface area contributed by atoms with Gasteiger partial charge in [-0.3, -0.25) is 4.68 Å². The molecule has 6 heteroatoms. The third-order valence-corrected chi connectivity index (χ3v) is 4.16. The maximum Gasteiger partial charge on any atom is 0.115 e. The molecule has 0 amide bonds. The molecule has 0 spiro atoms. The first-order valence-electron chi connectivity index (χ1n) is 7.08. The lowest BCUT2D eigenvalue weighted by molar-refractivity contribution is 0.197. The summed E-state index contributed by atoms with van der Waals surface area (Å²) in [5, 5.41) is 11.0. The first-order chi connectivity index (χ1) is 9.91. The summed E-state index contributed by atoms with van der Waals surface area (Å²) in [5.41, 5.74) is 2.33. The van der Waals surface area contributed by atoms with Crippen molar-refractivity contribution in [3.8, 4) is 0 Å². The lowest BCUT2D eigenvalue weighted by Gasteiger charge is -2.17. The maximum atomic E-state index is 5.13. The third-order valence-electron chi connectivity index (χ3n) is 3.25. The number of ether oxygens (including phenoxy) is 1. The zero-order valence-electron chi connectivity index (χ0n) is 13.4. The van der Waals surface area contributed by atoms with E-state index in [0.29, 0.717) is 6.61 Å². The van der Waals surface area contributed by atoms with Crippen molar-refractivity contribution >= 4 is 11.3 Å². The average molecular weight is 308 g/mol. The van der Waals surface area contributed by atoms with Crippen LogP contribution in [-0.2, 0) is 17.2 Å². The van der Waals surface area contributed by atoms with Gasteiger partial charge in [-0.25, -0.2) is 4.98 Å². The molecule has 1 N–H and O–H groups in total. The second-order valence-corrected chi connectivity index (χ2v) is 7.04. The highest BCUT2D eigenvalue weighted by atomic mass is 32.1. The molecule has 116 valence electrons. The highest BCUT2D eigenvalue weighted by Gasteiger charge is 2.23. The molecule has 1 atom stereocenters. The van der Waals surface area contributed by atoms with Crippen LogP contribution in [0.15, 0.2) is 17.8 Å². The molecule has 0 bridgehead atoms. The highest BCUT2D eigenvalue weighted by molar-refractivity contribution is 7.09. The van der Waals surface area contributed by atoms with E-state index in [1.165, 1.54) is 0 Å². The van der Waals surface area contributed by atoms with Crippen molar-refractivity contribution in [2.75, 3.05) is 20.3 Å². The van der Waals surface area contributed by atoms with Crippen LogP contribution in [0.3, 0.4) is 0 Å². The molecular formula is C15H24N4OS. The molecular weight excluding hydrogens is 284 g/mol. The summed E-state index contributed by atoms with van der Waals surface area (Å²) in [5.74, 6) is 0. The van der Waals surface area contributed by atoms with E-state index in [0.717, 1.165) is 22.8 Å². The molecule has 0 saturated heterocycles. The van der Waals surface area contributed by atoms with E-state index in [1.54, 1.807) is 18.4 Å². The molecule has 0 fully saturated rings. The number of hydrogen-bond donors (Lipinski definition) is 1. The first kappa shape index (κ1) is 16.1. The minimum Gasteiger partial charge on any atom is -0.383 e. The van der Waals surface area contributed by atoms with Crippen LogP contribution in [0.5, 0.6) is 0 Å². The zero-order chi connectivity index (χ0) is 15.5. The predicted molar refractivity (Wildman–Crippen MR) is 85.7 cm³/mol. The number of methoxy groups -OCH3 is 1. The Bertz CT molecular complexity index is 570. The topological polar surface area (TPSA) is 52.0 Å². The normalized spacial score (nSPS) is 13.6. The van der Waals surface area contributed by atoms with Gasteiger partial charge in [0.15, 0.2) is 0 Å². The fourth-order valence-corrected chi connectivity index (χ4v) is 3.15. The minimum atomic E-state index is 0.0648. The van der Waals surface area contributed by atoms with Crippen molar-refractivity contribution < 1.29 is 4.74 Å². The Kier molecular flexibility index (Phi) is 5.13. The monoisotopic (exact) mass is 308 g/mol. The van der Waals surface area contributed by atoms with Crippen LogP contribution in [0.2, 0.25) is 0 Å². The summed E-state index contributed by atoms with van der Waals surface area (Å²) < 4.78 is 6.95. The summed E-state index contributed by atoms with van der Waals surface area (Å²) in [7, 11) is 3.64. The van der Waals surface area contributed by atoms with E-state index in [2.05, 4.69) is 36.6 Å². The number of aryl methyl sites for hydroxylation is 1. The van der Waals surface area contributed by atoms with Crippen LogP contribution in [0, 0.1) is 0 Å². The summed E-state index contributed by atoms with van der Waals surface area (Å²) in [6.07, 6.45) is 3.92. The molecule has 0 aromatic carbocycles. The summed E-state index contributed by atoms with van der Waals surface area (Å²) in [6.45, 7) is 8.00. The Morgan fingerprint density at radius 1 is 1.43 bits per heavy atom. The van der Waals surface area contributed by atoms with Gasteiger partial charge in [-0.05, 0) is 0 Å². The van der Waals surface area contributed by atoms with Gasteiger partial charge in [0.1, 0.15) is 5.01 Å². The minimum absolute atomic E-state index is 0.0648. The average Bonchev–Trinajstić information content (AvgIpc) is 3.03. The van der Waals surface area contributed by atoms with Crippen LogP contribution in [0.25, 0.3) is 0 Å². The number of rotatable bonds is 6. The van der Waals surface area contributed by atoms with Gasteiger partial charge in [-0.15, -0.1) is 11.3 Å². The van der Waals surface area contributed by atoms with Crippen molar-refractivity contribution in [2.24, 2.45) is 7.05 Å². The predicted octanol–water partition coefficient (Wildman–Crippen LogP) is 2.50. The van der Waals surface area contributed by atoms with E-state index in [9.17, 15) is 0 Å². The molecule has 0 aliphatic carbocycles. The van der Waals surface area contributed by atoms with E-state index in [4.69, 9.17) is 9.72 Å². The Labute approximate surface area is 130 Å². The number of nitrogens with zero attached hydrogens (tertiary/aromatic N) is 3. The lowest BCUT2D eigenvalue weighted by Crippen LogP contribution is -2.26.